The number of nitrogens with zero attached hydrogens (tertiary/aromatic N) is 1. The van der Waals surface area contributed by atoms with Crippen molar-refractivity contribution in [3.63, 3.8) is 0 Å². The van der Waals surface area contributed by atoms with Crippen LogP contribution in [-0.4, -0.2) is 11.2 Å². The molecule has 2 heteroatoms. The fourth-order valence-electron chi connectivity index (χ4n) is 4.82. The Kier molecular flexibility index (Phi) is 6.95. The van der Waals surface area contributed by atoms with Crippen molar-refractivity contribution < 1.29 is 4.74 Å². The van der Waals surface area contributed by atoms with E-state index in [2.05, 4.69) is 109 Å². The fraction of sp³-hybridized carbons (Fsp3) is 0.250. The van der Waals surface area contributed by atoms with E-state index >= 15 is 0 Å². The van der Waals surface area contributed by atoms with Crippen LogP contribution in [0.15, 0.2) is 97.1 Å². The molecule has 0 amide bonds. The summed E-state index contributed by atoms with van der Waals surface area (Å²) >= 11 is 0. The zero-order valence-electron chi connectivity index (χ0n) is 20.0. The highest BCUT2D eigenvalue weighted by Crippen LogP contribution is 2.32. The van der Waals surface area contributed by atoms with E-state index in [1.54, 1.807) is 0 Å². The van der Waals surface area contributed by atoms with Gasteiger partial charge in [-0.05, 0) is 53.9 Å². The number of rotatable bonds is 10. The van der Waals surface area contributed by atoms with Crippen LogP contribution in [0.2, 0.25) is 0 Å². The van der Waals surface area contributed by atoms with E-state index in [0.29, 0.717) is 0 Å². The molecule has 0 unspecified atom stereocenters. The quantitative estimate of drug-likeness (QED) is 0.195. The van der Waals surface area contributed by atoms with Crippen LogP contribution in [0.4, 0.5) is 0 Å². The molecule has 0 radical (unpaired) electrons. The maximum Gasteiger partial charge on any atom is 0.119 e. The molecule has 0 fully saturated rings. The molecule has 0 saturated heterocycles. The minimum Gasteiger partial charge on any atom is -0.494 e. The smallest absolute Gasteiger partial charge is 0.119 e. The second-order valence-corrected chi connectivity index (χ2v) is 9.06. The number of hydrogen-bond donors (Lipinski definition) is 0. The standard InChI is InChI=1S/C32H33NO/c1-2-3-4-5-6-11-24-34-28-22-18-26(19-23-28)25-16-20-27(21-17-25)33-31-14-9-7-12-29(31)30-13-8-10-15-32(30)33/h7-10,12-23H,2-6,11,24H2,1H3. The van der Waals surface area contributed by atoms with E-state index in [9.17, 15) is 0 Å². The Morgan fingerprint density at radius 3 is 1.71 bits per heavy atom. The first-order valence-corrected chi connectivity index (χ1v) is 12.7. The monoisotopic (exact) mass is 447 g/mol. The van der Waals surface area contributed by atoms with Crippen molar-refractivity contribution in [3.05, 3.63) is 97.1 Å². The molecule has 1 aromatic heterocycles. The summed E-state index contributed by atoms with van der Waals surface area (Å²) in [5, 5.41) is 2.58. The molecular weight excluding hydrogens is 414 g/mol. The summed E-state index contributed by atoms with van der Waals surface area (Å²) < 4.78 is 8.30. The number of fused-ring (bicyclic) bond motifs is 3. The SMILES string of the molecule is CCCCCCCCOc1ccc(-c2ccc(-n3c4ccccc4c4ccccc43)cc2)cc1. The molecule has 5 rings (SSSR count). The third kappa shape index (κ3) is 4.72. The minimum absolute atomic E-state index is 0.805. The van der Waals surface area contributed by atoms with Gasteiger partial charge in [0.25, 0.3) is 0 Å². The van der Waals surface area contributed by atoms with Crippen molar-refractivity contribution >= 4 is 21.8 Å². The molecule has 34 heavy (non-hydrogen) atoms. The maximum atomic E-state index is 5.95. The van der Waals surface area contributed by atoms with Crippen LogP contribution < -0.4 is 4.74 Å². The molecule has 2 nitrogen and oxygen atoms in total. The Morgan fingerprint density at radius 2 is 1.09 bits per heavy atom. The summed E-state index contributed by atoms with van der Waals surface area (Å²) in [6, 6.07) is 34.6. The third-order valence-electron chi connectivity index (χ3n) is 6.66. The highest BCUT2D eigenvalue weighted by Gasteiger charge is 2.11. The van der Waals surface area contributed by atoms with Gasteiger partial charge in [0.1, 0.15) is 5.75 Å². The van der Waals surface area contributed by atoms with Crippen LogP contribution in [0.5, 0.6) is 5.75 Å². The van der Waals surface area contributed by atoms with E-state index < -0.39 is 0 Å². The van der Waals surface area contributed by atoms with Gasteiger partial charge in [0.2, 0.25) is 0 Å². The van der Waals surface area contributed by atoms with Gasteiger partial charge in [0.15, 0.2) is 0 Å². The van der Waals surface area contributed by atoms with E-state index in [1.807, 2.05) is 0 Å². The second-order valence-electron chi connectivity index (χ2n) is 9.06. The van der Waals surface area contributed by atoms with E-state index in [4.69, 9.17) is 4.74 Å². The lowest BCUT2D eigenvalue weighted by Crippen LogP contribution is -1.97. The third-order valence-corrected chi connectivity index (χ3v) is 6.66. The highest BCUT2D eigenvalue weighted by molar-refractivity contribution is 6.09. The summed E-state index contributed by atoms with van der Waals surface area (Å²) in [6.45, 7) is 3.06. The summed E-state index contributed by atoms with van der Waals surface area (Å²) in [4.78, 5) is 0. The van der Waals surface area contributed by atoms with Gasteiger partial charge in [-0.3, -0.25) is 0 Å². The van der Waals surface area contributed by atoms with Gasteiger partial charge in [-0.1, -0.05) is 99.7 Å². The molecule has 5 aromatic rings. The first-order chi connectivity index (χ1) is 16.8. The number of benzene rings is 4. The molecule has 0 saturated carbocycles. The molecule has 1 heterocycles. The molecule has 0 spiro atoms. The van der Waals surface area contributed by atoms with Crippen LogP contribution in [0.1, 0.15) is 45.4 Å². The molecule has 4 aromatic carbocycles. The Labute approximate surface area is 202 Å². The summed E-state index contributed by atoms with van der Waals surface area (Å²) in [5.41, 5.74) is 6.08. The van der Waals surface area contributed by atoms with E-state index in [1.165, 1.54) is 70.7 Å². The second kappa shape index (κ2) is 10.6. The molecule has 0 aliphatic rings. The molecule has 172 valence electrons. The van der Waals surface area contributed by atoms with Gasteiger partial charge >= 0.3 is 0 Å². The number of aromatic nitrogens is 1. The zero-order chi connectivity index (χ0) is 23.2. The summed E-state index contributed by atoms with van der Waals surface area (Å²) in [6.07, 6.45) is 7.71. The van der Waals surface area contributed by atoms with Crippen molar-refractivity contribution in [2.24, 2.45) is 0 Å². The Balaban J connectivity index is 1.29. The Morgan fingerprint density at radius 1 is 0.559 bits per heavy atom. The number of para-hydroxylation sites is 2. The van der Waals surface area contributed by atoms with Crippen LogP contribution in [0.25, 0.3) is 38.6 Å². The van der Waals surface area contributed by atoms with Crippen molar-refractivity contribution in [1.29, 1.82) is 0 Å². The predicted octanol–water partition coefficient (Wildman–Crippen LogP) is 9.19. The number of ether oxygens (including phenoxy) is 1. The summed E-state index contributed by atoms with van der Waals surface area (Å²) in [5.74, 6) is 0.958. The van der Waals surface area contributed by atoms with Crippen molar-refractivity contribution in [3.8, 4) is 22.6 Å². The van der Waals surface area contributed by atoms with E-state index in [0.717, 1.165) is 18.8 Å². The Hall–Kier alpha value is -3.52. The lowest BCUT2D eigenvalue weighted by molar-refractivity contribution is 0.304. The average Bonchev–Trinajstić information content (AvgIpc) is 3.23. The van der Waals surface area contributed by atoms with Crippen LogP contribution in [0, 0.1) is 0 Å². The topological polar surface area (TPSA) is 14.2 Å². The van der Waals surface area contributed by atoms with Crippen molar-refractivity contribution in [2.75, 3.05) is 6.61 Å². The van der Waals surface area contributed by atoms with Gasteiger partial charge in [0, 0.05) is 16.5 Å². The van der Waals surface area contributed by atoms with Crippen molar-refractivity contribution in [1.82, 2.24) is 4.57 Å². The number of unbranched alkanes of at least 4 members (excludes halogenated alkanes) is 5. The lowest BCUT2D eigenvalue weighted by Gasteiger charge is -2.10. The van der Waals surface area contributed by atoms with Gasteiger partial charge < -0.3 is 9.30 Å². The van der Waals surface area contributed by atoms with Gasteiger partial charge in [-0.2, -0.15) is 0 Å². The summed E-state index contributed by atoms with van der Waals surface area (Å²) in [7, 11) is 0. The van der Waals surface area contributed by atoms with Crippen molar-refractivity contribution in [2.45, 2.75) is 45.4 Å². The Bertz CT molecular complexity index is 1290. The average molecular weight is 448 g/mol. The molecule has 0 aliphatic carbocycles. The van der Waals surface area contributed by atoms with Gasteiger partial charge in [-0.25, -0.2) is 0 Å². The highest BCUT2D eigenvalue weighted by atomic mass is 16.5. The number of hydrogen-bond acceptors (Lipinski definition) is 1. The molecule has 0 atom stereocenters. The first kappa shape index (κ1) is 22.3. The normalized spacial score (nSPS) is 11.3. The van der Waals surface area contributed by atoms with Gasteiger partial charge in [0.05, 0.1) is 17.6 Å². The van der Waals surface area contributed by atoms with E-state index in [-0.39, 0.29) is 0 Å². The zero-order valence-corrected chi connectivity index (χ0v) is 20.0. The molecule has 0 bridgehead atoms. The predicted molar refractivity (Wildman–Crippen MR) is 145 cm³/mol. The van der Waals surface area contributed by atoms with Crippen LogP contribution in [0.3, 0.4) is 0 Å². The fourth-order valence-corrected chi connectivity index (χ4v) is 4.82. The molecule has 0 N–H and O–H groups in total. The molecule has 0 aliphatic heterocycles. The first-order valence-electron chi connectivity index (χ1n) is 12.7. The van der Waals surface area contributed by atoms with Crippen LogP contribution >= 0.6 is 0 Å². The maximum absolute atomic E-state index is 5.95. The van der Waals surface area contributed by atoms with Crippen LogP contribution in [-0.2, 0) is 0 Å². The largest absolute Gasteiger partial charge is 0.494 e. The minimum atomic E-state index is 0.805. The van der Waals surface area contributed by atoms with Gasteiger partial charge in [-0.15, -0.1) is 0 Å². The molecular formula is C32H33NO. The lowest BCUT2D eigenvalue weighted by atomic mass is 10.1.